The van der Waals surface area contributed by atoms with Gasteiger partial charge in [0.25, 0.3) is 10.0 Å². The molecule has 0 radical (unpaired) electrons. The third kappa shape index (κ3) is 2.73. The van der Waals surface area contributed by atoms with E-state index in [1.54, 1.807) is 32.0 Å². The van der Waals surface area contributed by atoms with Gasteiger partial charge in [-0.2, -0.15) is 12.8 Å². The second kappa shape index (κ2) is 5.34. The molecule has 0 aliphatic heterocycles. The predicted octanol–water partition coefficient (Wildman–Crippen LogP) is 2.86. The van der Waals surface area contributed by atoms with Gasteiger partial charge >= 0.3 is 0 Å². The molecule has 0 bridgehead atoms. The average molecular weight is 310 g/mol. The fourth-order valence-electron chi connectivity index (χ4n) is 1.82. The minimum absolute atomic E-state index is 0.00221. The Balaban J connectivity index is 2.56. The number of hydrogen-bond acceptors (Lipinski definition) is 3. The molecule has 2 rings (SSSR count). The first kappa shape index (κ1) is 14.7. The predicted molar refractivity (Wildman–Crippen MR) is 78.4 cm³/mol. The molecule has 20 heavy (non-hydrogen) atoms. The summed E-state index contributed by atoms with van der Waals surface area (Å²) in [7, 11) is -3.82. The van der Waals surface area contributed by atoms with Gasteiger partial charge in [0.15, 0.2) is 5.78 Å². The van der Waals surface area contributed by atoms with Crippen LogP contribution in [0.15, 0.2) is 61.9 Å². The van der Waals surface area contributed by atoms with Crippen LogP contribution in [0.5, 0.6) is 0 Å². The van der Waals surface area contributed by atoms with Crippen LogP contribution in [0.25, 0.3) is 0 Å². The summed E-state index contributed by atoms with van der Waals surface area (Å²) in [6.07, 6.45) is 1.29. The molecule has 104 valence electrons. The molecule has 6 heteroatoms. The smallest absolute Gasteiger partial charge is 0.282 e. The molecular formula is C14H12ClNO3S. The van der Waals surface area contributed by atoms with Gasteiger partial charge in [-0.1, -0.05) is 29.8 Å². The van der Waals surface area contributed by atoms with Crippen molar-refractivity contribution in [2.45, 2.75) is 18.7 Å². The van der Waals surface area contributed by atoms with Crippen molar-refractivity contribution in [1.29, 1.82) is 0 Å². The zero-order chi connectivity index (χ0) is 14.9. The van der Waals surface area contributed by atoms with Gasteiger partial charge < -0.3 is 0 Å². The van der Waals surface area contributed by atoms with E-state index in [0.29, 0.717) is 11.1 Å². The monoisotopic (exact) mass is 309 g/mol. The number of allylic oxidation sites excluding steroid dienone is 4. The van der Waals surface area contributed by atoms with Crippen LogP contribution in [0.4, 0.5) is 0 Å². The minimum atomic E-state index is -3.82. The van der Waals surface area contributed by atoms with Crippen LogP contribution in [-0.4, -0.2) is 19.9 Å². The van der Waals surface area contributed by atoms with Gasteiger partial charge in [-0.05, 0) is 43.2 Å². The van der Waals surface area contributed by atoms with E-state index in [4.69, 9.17) is 11.6 Å². The first-order valence-electron chi connectivity index (χ1n) is 5.82. The van der Waals surface area contributed by atoms with Crippen molar-refractivity contribution in [3.63, 3.8) is 0 Å². The van der Waals surface area contributed by atoms with E-state index in [1.807, 2.05) is 0 Å². The van der Waals surface area contributed by atoms with E-state index in [2.05, 4.69) is 4.40 Å². The molecule has 1 aliphatic carbocycles. The molecule has 0 unspecified atom stereocenters. The Morgan fingerprint density at radius 1 is 1.10 bits per heavy atom. The van der Waals surface area contributed by atoms with Gasteiger partial charge in [-0.25, -0.2) is 0 Å². The Labute approximate surface area is 122 Å². The Morgan fingerprint density at radius 3 is 2.30 bits per heavy atom. The number of halogens is 1. The fraction of sp³-hybridized carbons (Fsp3) is 0.143. The van der Waals surface area contributed by atoms with Crippen LogP contribution >= 0.6 is 11.6 Å². The normalized spacial score (nSPS) is 18.4. The van der Waals surface area contributed by atoms with Gasteiger partial charge in [-0.15, -0.1) is 0 Å². The molecule has 0 atom stereocenters. The van der Waals surface area contributed by atoms with Crippen molar-refractivity contribution < 1.29 is 13.2 Å². The third-order valence-corrected chi connectivity index (χ3v) is 4.63. The summed E-state index contributed by atoms with van der Waals surface area (Å²) in [5, 5.41) is -0.00221. The second-order valence-corrected chi connectivity index (χ2v) is 6.34. The van der Waals surface area contributed by atoms with Crippen LogP contribution in [0.1, 0.15) is 13.8 Å². The lowest BCUT2D eigenvalue weighted by atomic mass is 9.97. The van der Waals surface area contributed by atoms with E-state index >= 15 is 0 Å². The minimum Gasteiger partial charge on any atom is -0.288 e. The highest BCUT2D eigenvalue weighted by Crippen LogP contribution is 2.24. The summed E-state index contributed by atoms with van der Waals surface area (Å²) in [5.74, 6) is -0.335. The first-order valence-corrected chi connectivity index (χ1v) is 7.64. The molecule has 0 spiro atoms. The Morgan fingerprint density at radius 2 is 1.70 bits per heavy atom. The number of hydrogen-bond donors (Lipinski definition) is 0. The van der Waals surface area contributed by atoms with Crippen LogP contribution in [0.3, 0.4) is 0 Å². The van der Waals surface area contributed by atoms with Crippen LogP contribution < -0.4 is 0 Å². The topological polar surface area (TPSA) is 63.6 Å². The number of ketones is 1. The van der Waals surface area contributed by atoms with E-state index in [1.165, 1.54) is 18.2 Å². The van der Waals surface area contributed by atoms with Gasteiger partial charge in [0.05, 0.1) is 15.6 Å². The number of carbonyl (C=O) groups is 1. The van der Waals surface area contributed by atoms with Crippen LogP contribution in [-0.2, 0) is 14.8 Å². The van der Waals surface area contributed by atoms with Crippen molar-refractivity contribution in [2.75, 3.05) is 0 Å². The zero-order valence-corrected chi connectivity index (χ0v) is 12.5. The highest BCUT2D eigenvalue weighted by atomic mass is 35.5. The third-order valence-electron chi connectivity index (χ3n) is 2.87. The number of rotatable bonds is 2. The molecule has 1 aromatic rings. The Bertz CT molecular complexity index is 759. The van der Waals surface area contributed by atoms with Crippen LogP contribution in [0, 0.1) is 0 Å². The molecule has 4 nitrogen and oxygen atoms in total. The van der Waals surface area contributed by atoms with Gasteiger partial charge in [-0.3, -0.25) is 4.79 Å². The number of nitrogens with zero attached hydrogens (tertiary/aromatic N) is 1. The van der Waals surface area contributed by atoms with Crippen molar-refractivity contribution >= 4 is 33.1 Å². The summed E-state index contributed by atoms with van der Waals surface area (Å²) in [5.41, 5.74) is 1.08. The Hall–Kier alpha value is -1.72. The molecular weight excluding hydrogens is 298 g/mol. The summed E-state index contributed by atoms with van der Waals surface area (Å²) < 4.78 is 28.2. The van der Waals surface area contributed by atoms with Crippen molar-refractivity contribution in [3.8, 4) is 0 Å². The highest BCUT2D eigenvalue weighted by molar-refractivity contribution is 7.90. The molecule has 1 aromatic carbocycles. The average Bonchev–Trinajstić information content (AvgIpc) is 2.42. The molecule has 0 amide bonds. The number of carbonyl (C=O) groups excluding carboxylic acids is 1. The summed E-state index contributed by atoms with van der Waals surface area (Å²) in [4.78, 5) is 11.6. The van der Waals surface area contributed by atoms with E-state index in [-0.39, 0.29) is 21.4 Å². The number of sulfonamides is 1. The maximum Gasteiger partial charge on any atom is 0.282 e. The van der Waals surface area contributed by atoms with Crippen molar-refractivity contribution in [2.24, 2.45) is 4.40 Å². The lowest BCUT2D eigenvalue weighted by Gasteiger charge is -2.14. The molecule has 0 N–H and O–H groups in total. The van der Waals surface area contributed by atoms with E-state index in [9.17, 15) is 13.2 Å². The van der Waals surface area contributed by atoms with Crippen LogP contribution in [0.2, 0.25) is 0 Å². The summed E-state index contributed by atoms with van der Waals surface area (Å²) >= 11 is 5.86. The van der Waals surface area contributed by atoms with Gasteiger partial charge in [0.2, 0.25) is 0 Å². The molecule has 1 aliphatic rings. The lowest BCUT2D eigenvalue weighted by Crippen LogP contribution is -2.16. The zero-order valence-electron chi connectivity index (χ0n) is 10.9. The van der Waals surface area contributed by atoms with E-state index < -0.39 is 10.0 Å². The summed E-state index contributed by atoms with van der Waals surface area (Å²) in [6, 6.07) is 7.89. The highest BCUT2D eigenvalue weighted by Gasteiger charge is 2.23. The van der Waals surface area contributed by atoms with E-state index in [0.717, 1.165) is 0 Å². The number of benzene rings is 1. The molecule has 0 saturated carbocycles. The molecule has 0 aromatic heterocycles. The SMILES string of the molecule is CC1=CC(=O)C(Cl)=C(C)/C1=N\S(=O)(=O)c1ccccc1. The molecule has 0 saturated heterocycles. The summed E-state index contributed by atoms with van der Waals surface area (Å²) in [6.45, 7) is 3.21. The Kier molecular flexibility index (Phi) is 3.92. The standard InChI is InChI=1S/C14H12ClNO3S/c1-9-8-12(17)13(15)10(2)14(9)16-20(18,19)11-6-4-3-5-7-11/h3-8H,1-2H3/b16-14-. The quantitative estimate of drug-likeness (QED) is 0.789. The molecule has 0 fully saturated rings. The largest absolute Gasteiger partial charge is 0.288 e. The first-order chi connectivity index (χ1) is 9.33. The van der Waals surface area contributed by atoms with Crippen molar-refractivity contribution in [1.82, 2.24) is 0 Å². The molecule has 0 heterocycles. The lowest BCUT2D eigenvalue weighted by molar-refractivity contribution is -0.110. The fourth-order valence-corrected chi connectivity index (χ4v) is 3.09. The van der Waals surface area contributed by atoms with Gasteiger partial charge in [0.1, 0.15) is 0 Å². The maximum absolute atomic E-state index is 12.2. The second-order valence-electron chi connectivity index (χ2n) is 4.36. The maximum atomic E-state index is 12.2. The van der Waals surface area contributed by atoms with Crippen molar-refractivity contribution in [3.05, 3.63) is 52.6 Å². The van der Waals surface area contributed by atoms with Gasteiger partial charge in [0, 0.05) is 0 Å².